The number of carboxylic acids is 1. The minimum atomic E-state index is -1.03. The van der Waals surface area contributed by atoms with Crippen molar-refractivity contribution >= 4 is 17.6 Å². The number of carbonyl (C=O) groups is 1. The van der Waals surface area contributed by atoms with E-state index in [4.69, 9.17) is 27.2 Å². The molecule has 0 aliphatic carbocycles. The van der Waals surface area contributed by atoms with E-state index in [9.17, 15) is 4.79 Å². The molecule has 0 radical (unpaired) electrons. The SMILES string of the molecule is COc1c(CC(N)C(=O)O)cc(C)c(Cl)c1C. The molecular weight excluding hydrogens is 242 g/mol. The van der Waals surface area contributed by atoms with E-state index in [1.807, 2.05) is 19.9 Å². The van der Waals surface area contributed by atoms with Crippen molar-refractivity contribution in [3.05, 3.63) is 27.8 Å². The maximum absolute atomic E-state index is 10.7. The normalized spacial score (nSPS) is 12.3. The summed E-state index contributed by atoms with van der Waals surface area (Å²) in [6.45, 7) is 3.70. The van der Waals surface area contributed by atoms with Gasteiger partial charge in [0.05, 0.1) is 12.1 Å². The molecule has 1 rings (SSSR count). The van der Waals surface area contributed by atoms with Crippen molar-refractivity contribution in [1.82, 2.24) is 0 Å². The van der Waals surface area contributed by atoms with Crippen molar-refractivity contribution in [3.63, 3.8) is 0 Å². The van der Waals surface area contributed by atoms with Gasteiger partial charge in [-0.15, -0.1) is 0 Å². The van der Waals surface area contributed by atoms with Gasteiger partial charge in [-0.1, -0.05) is 17.7 Å². The molecule has 0 spiro atoms. The largest absolute Gasteiger partial charge is 0.496 e. The number of methoxy groups -OCH3 is 1. The molecule has 1 aromatic carbocycles. The number of aliphatic carboxylic acids is 1. The Labute approximate surface area is 105 Å². The first-order chi connectivity index (χ1) is 7.88. The second-order valence-corrected chi connectivity index (χ2v) is 4.35. The first-order valence-corrected chi connectivity index (χ1v) is 5.57. The predicted molar refractivity (Wildman–Crippen MR) is 66.8 cm³/mol. The molecule has 4 nitrogen and oxygen atoms in total. The van der Waals surface area contributed by atoms with Gasteiger partial charge in [0.2, 0.25) is 0 Å². The monoisotopic (exact) mass is 257 g/mol. The quantitative estimate of drug-likeness (QED) is 0.864. The van der Waals surface area contributed by atoms with Crippen LogP contribution in [0, 0.1) is 13.8 Å². The van der Waals surface area contributed by atoms with Gasteiger partial charge in [-0.05, 0) is 25.0 Å². The molecule has 94 valence electrons. The number of hydrogen-bond acceptors (Lipinski definition) is 3. The molecule has 0 bridgehead atoms. The zero-order chi connectivity index (χ0) is 13.2. The highest BCUT2D eigenvalue weighted by Crippen LogP contribution is 2.33. The number of aryl methyl sites for hydroxylation is 1. The summed E-state index contributed by atoms with van der Waals surface area (Å²) in [7, 11) is 1.53. The van der Waals surface area contributed by atoms with Gasteiger partial charge >= 0.3 is 5.97 Å². The van der Waals surface area contributed by atoms with Gasteiger partial charge in [0, 0.05) is 12.0 Å². The zero-order valence-electron chi connectivity index (χ0n) is 10.1. The Balaban J connectivity index is 3.19. The summed E-state index contributed by atoms with van der Waals surface area (Å²) in [5, 5.41) is 9.44. The van der Waals surface area contributed by atoms with Crippen LogP contribution in [0.2, 0.25) is 5.02 Å². The lowest BCUT2D eigenvalue weighted by Crippen LogP contribution is -2.32. The fraction of sp³-hybridized carbons (Fsp3) is 0.417. The molecule has 1 atom stereocenters. The first-order valence-electron chi connectivity index (χ1n) is 5.19. The molecule has 0 aromatic heterocycles. The third-order valence-electron chi connectivity index (χ3n) is 2.66. The van der Waals surface area contributed by atoms with Gasteiger partial charge in [-0.2, -0.15) is 0 Å². The lowest BCUT2D eigenvalue weighted by molar-refractivity contribution is -0.138. The molecule has 0 heterocycles. The average molecular weight is 258 g/mol. The maximum atomic E-state index is 10.7. The van der Waals surface area contributed by atoms with E-state index in [2.05, 4.69) is 0 Å². The number of nitrogens with two attached hydrogens (primary N) is 1. The third kappa shape index (κ3) is 2.90. The Bertz CT molecular complexity index is 446. The predicted octanol–water partition coefficient (Wildman–Crippen LogP) is 1.92. The molecule has 1 unspecified atom stereocenters. The highest BCUT2D eigenvalue weighted by atomic mass is 35.5. The van der Waals surface area contributed by atoms with Crippen molar-refractivity contribution < 1.29 is 14.6 Å². The topological polar surface area (TPSA) is 72.5 Å². The fourth-order valence-corrected chi connectivity index (χ4v) is 1.93. The lowest BCUT2D eigenvalue weighted by Gasteiger charge is -2.16. The van der Waals surface area contributed by atoms with Gasteiger partial charge in [-0.3, -0.25) is 4.79 Å². The summed E-state index contributed by atoms with van der Waals surface area (Å²) in [6, 6.07) is 0.876. The highest BCUT2D eigenvalue weighted by molar-refractivity contribution is 6.32. The number of halogens is 1. The van der Waals surface area contributed by atoms with Crippen LogP contribution in [0.5, 0.6) is 5.75 Å². The van der Waals surface area contributed by atoms with Crippen LogP contribution >= 0.6 is 11.6 Å². The number of hydrogen-bond donors (Lipinski definition) is 2. The van der Waals surface area contributed by atoms with Crippen LogP contribution in [0.25, 0.3) is 0 Å². The van der Waals surface area contributed by atoms with Gasteiger partial charge < -0.3 is 15.6 Å². The van der Waals surface area contributed by atoms with Crippen molar-refractivity contribution in [2.45, 2.75) is 26.3 Å². The van der Waals surface area contributed by atoms with Crippen LogP contribution < -0.4 is 10.5 Å². The second-order valence-electron chi connectivity index (χ2n) is 3.97. The van der Waals surface area contributed by atoms with E-state index >= 15 is 0 Å². The Kier molecular flexibility index (Phi) is 4.37. The summed E-state index contributed by atoms with van der Waals surface area (Å²) in [5.41, 5.74) is 7.98. The highest BCUT2D eigenvalue weighted by Gasteiger charge is 2.18. The second kappa shape index (κ2) is 5.38. The molecule has 0 fully saturated rings. The average Bonchev–Trinajstić information content (AvgIpc) is 2.26. The zero-order valence-corrected chi connectivity index (χ0v) is 10.8. The summed E-state index contributed by atoms with van der Waals surface area (Å²) in [5.74, 6) is -0.422. The Morgan fingerprint density at radius 1 is 1.59 bits per heavy atom. The van der Waals surface area contributed by atoms with Crippen LogP contribution in [-0.2, 0) is 11.2 Å². The van der Waals surface area contributed by atoms with Gasteiger partial charge in [0.1, 0.15) is 11.8 Å². The molecule has 0 saturated heterocycles. The summed E-state index contributed by atoms with van der Waals surface area (Å²) in [4.78, 5) is 10.7. The molecule has 0 saturated carbocycles. The maximum Gasteiger partial charge on any atom is 0.320 e. The van der Waals surface area contributed by atoms with Crippen molar-refractivity contribution in [2.75, 3.05) is 7.11 Å². The Morgan fingerprint density at radius 3 is 2.65 bits per heavy atom. The first kappa shape index (κ1) is 13.8. The fourth-order valence-electron chi connectivity index (χ4n) is 1.79. The summed E-state index contributed by atoms with van der Waals surface area (Å²) >= 11 is 6.11. The minimum Gasteiger partial charge on any atom is -0.496 e. The van der Waals surface area contributed by atoms with Crippen molar-refractivity contribution in [1.29, 1.82) is 0 Å². The van der Waals surface area contributed by atoms with Gasteiger partial charge in [0.25, 0.3) is 0 Å². The van der Waals surface area contributed by atoms with Crippen molar-refractivity contribution in [2.24, 2.45) is 5.73 Å². The van der Waals surface area contributed by atoms with E-state index in [-0.39, 0.29) is 6.42 Å². The van der Waals surface area contributed by atoms with Crippen LogP contribution in [-0.4, -0.2) is 24.2 Å². The number of rotatable bonds is 4. The molecule has 1 aromatic rings. The van der Waals surface area contributed by atoms with E-state index in [1.165, 1.54) is 7.11 Å². The Hall–Kier alpha value is -1.26. The smallest absolute Gasteiger partial charge is 0.320 e. The van der Waals surface area contributed by atoms with Gasteiger partial charge in [-0.25, -0.2) is 0 Å². The molecule has 0 amide bonds. The van der Waals surface area contributed by atoms with E-state index in [1.54, 1.807) is 0 Å². The molecule has 0 aliphatic rings. The number of carboxylic acid groups (broad SMARTS) is 1. The standard InChI is InChI=1S/C12H16ClNO3/c1-6-4-8(5-9(14)12(15)16)11(17-3)7(2)10(6)13/h4,9H,5,14H2,1-3H3,(H,15,16). The molecule has 0 aliphatic heterocycles. The van der Waals surface area contributed by atoms with E-state index in [0.29, 0.717) is 10.8 Å². The van der Waals surface area contributed by atoms with E-state index in [0.717, 1.165) is 16.7 Å². The number of ether oxygens (including phenoxy) is 1. The third-order valence-corrected chi connectivity index (χ3v) is 3.24. The lowest BCUT2D eigenvalue weighted by atomic mass is 9.99. The summed E-state index contributed by atoms with van der Waals surface area (Å²) in [6.07, 6.45) is 0.220. The molecule has 3 N–H and O–H groups in total. The van der Waals surface area contributed by atoms with Crippen LogP contribution in [0.1, 0.15) is 16.7 Å². The molecule has 17 heavy (non-hydrogen) atoms. The van der Waals surface area contributed by atoms with Crippen LogP contribution in [0.15, 0.2) is 6.07 Å². The Morgan fingerprint density at radius 2 is 2.18 bits per heavy atom. The summed E-state index contributed by atoms with van der Waals surface area (Å²) < 4.78 is 5.26. The van der Waals surface area contributed by atoms with Crippen LogP contribution in [0.3, 0.4) is 0 Å². The van der Waals surface area contributed by atoms with Crippen molar-refractivity contribution in [3.8, 4) is 5.75 Å². The minimum absolute atomic E-state index is 0.220. The number of benzene rings is 1. The van der Waals surface area contributed by atoms with E-state index < -0.39 is 12.0 Å². The van der Waals surface area contributed by atoms with Gasteiger partial charge in [0.15, 0.2) is 0 Å². The molecular formula is C12H16ClNO3. The molecule has 5 heteroatoms. The van der Waals surface area contributed by atoms with Crippen LogP contribution in [0.4, 0.5) is 0 Å².